The van der Waals surface area contributed by atoms with Crippen molar-refractivity contribution in [2.75, 3.05) is 5.32 Å². The Hall–Kier alpha value is -1.19. The van der Waals surface area contributed by atoms with E-state index in [1.807, 2.05) is 0 Å². The van der Waals surface area contributed by atoms with Gasteiger partial charge in [0.1, 0.15) is 5.82 Å². The molecule has 0 radical (unpaired) electrons. The van der Waals surface area contributed by atoms with E-state index in [9.17, 15) is 4.79 Å². The molecule has 0 spiro atoms. The van der Waals surface area contributed by atoms with Gasteiger partial charge in [0.25, 0.3) is 5.56 Å². The van der Waals surface area contributed by atoms with Crippen molar-refractivity contribution in [2.45, 2.75) is 25.8 Å². The van der Waals surface area contributed by atoms with Crippen molar-refractivity contribution in [3.05, 3.63) is 15.9 Å². The summed E-state index contributed by atoms with van der Waals surface area (Å²) in [6.07, 6.45) is 1.93. The summed E-state index contributed by atoms with van der Waals surface area (Å²) in [5.41, 5.74) is 1.00. The Kier molecular flexibility index (Phi) is 1.49. The number of nitrogens with one attached hydrogen (secondary N) is 2. The number of aromatic nitrogens is 2. The number of aryl methyl sites for hydroxylation is 1. The first-order valence-corrected chi connectivity index (χ1v) is 4.23. The van der Waals surface area contributed by atoms with Crippen LogP contribution in [0.1, 0.15) is 18.9 Å². The van der Waals surface area contributed by atoms with Gasteiger partial charge in [-0.1, -0.05) is 0 Å². The van der Waals surface area contributed by atoms with Crippen LogP contribution in [0.4, 0.5) is 5.82 Å². The van der Waals surface area contributed by atoms with Crippen molar-refractivity contribution in [3.63, 3.8) is 0 Å². The minimum absolute atomic E-state index is 0.101. The molecule has 1 aromatic heterocycles. The van der Waals surface area contributed by atoms with E-state index in [4.69, 9.17) is 0 Å². The number of nitrogens with zero attached hydrogens (tertiary/aromatic N) is 1. The average molecular weight is 167 g/mol. The molecule has 0 bridgehead atoms. The van der Waals surface area contributed by atoms with E-state index < -0.39 is 0 Å². The van der Waals surface area contributed by atoms with Gasteiger partial charge in [0.05, 0.1) is 5.56 Å². The second kappa shape index (κ2) is 2.40. The molecule has 1 aromatic rings. The summed E-state index contributed by atoms with van der Waals surface area (Å²) in [7, 11) is 1.74. The molecule has 1 aliphatic rings. The Morgan fingerprint density at radius 3 is 3.08 bits per heavy atom. The van der Waals surface area contributed by atoms with Crippen LogP contribution in [0, 0.1) is 0 Å². The lowest BCUT2D eigenvalue weighted by Crippen LogP contribution is -2.24. The van der Waals surface area contributed by atoms with Crippen molar-refractivity contribution >= 4 is 5.82 Å². The summed E-state index contributed by atoms with van der Waals surface area (Å²) in [6.45, 7) is 2.12. The molecule has 2 heterocycles. The Balaban J connectivity index is 2.50. The highest BCUT2D eigenvalue weighted by Gasteiger charge is 2.19. The maximum atomic E-state index is 11.4. The summed E-state index contributed by atoms with van der Waals surface area (Å²) in [5.74, 6) is 0.904. The van der Waals surface area contributed by atoms with Crippen molar-refractivity contribution in [1.82, 2.24) is 9.78 Å². The van der Waals surface area contributed by atoms with Crippen molar-refractivity contribution < 1.29 is 0 Å². The third-order valence-corrected chi connectivity index (χ3v) is 2.36. The van der Waals surface area contributed by atoms with E-state index >= 15 is 0 Å². The van der Waals surface area contributed by atoms with E-state index in [0.29, 0.717) is 6.04 Å². The fourth-order valence-electron chi connectivity index (χ4n) is 1.63. The molecule has 0 aromatic carbocycles. The van der Waals surface area contributed by atoms with E-state index in [2.05, 4.69) is 17.3 Å². The third kappa shape index (κ3) is 0.948. The van der Waals surface area contributed by atoms with Crippen LogP contribution < -0.4 is 10.9 Å². The van der Waals surface area contributed by atoms with Crippen LogP contribution >= 0.6 is 0 Å². The molecule has 2 N–H and O–H groups in total. The predicted molar refractivity (Wildman–Crippen MR) is 47.4 cm³/mol. The molecule has 66 valence electrons. The zero-order valence-electron chi connectivity index (χ0n) is 7.35. The minimum atomic E-state index is 0.101. The lowest BCUT2D eigenvalue weighted by Gasteiger charge is -2.19. The minimum Gasteiger partial charge on any atom is -0.368 e. The molecule has 0 amide bonds. The molecule has 2 rings (SSSR count). The molecule has 0 aliphatic carbocycles. The average Bonchev–Trinajstić information content (AvgIpc) is 2.28. The van der Waals surface area contributed by atoms with Crippen LogP contribution in [-0.2, 0) is 13.5 Å². The van der Waals surface area contributed by atoms with Gasteiger partial charge >= 0.3 is 0 Å². The van der Waals surface area contributed by atoms with E-state index in [0.717, 1.165) is 24.2 Å². The quantitative estimate of drug-likeness (QED) is 0.589. The van der Waals surface area contributed by atoms with Gasteiger partial charge in [-0.15, -0.1) is 0 Å². The van der Waals surface area contributed by atoms with Crippen LogP contribution in [0.2, 0.25) is 0 Å². The number of aromatic amines is 1. The largest absolute Gasteiger partial charge is 0.368 e. The Bertz CT molecular complexity index is 350. The standard InChI is InChI=1S/C8H13N3O/c1-5-3-4-6-7(9-5)10-11(2)8(6)12/h5,9-10H,3-4H2,1-2H3/t5-/m1/s1. The molecule has 0 saturated heterocycles. The Morgan fingerprint density at radius 2 is 2.33 bits per heavy atom. The number of anilines is 1. The van der Waals surface area contributed by atoms with Gasteiger partial charge in [-0.05, 0) is 19.8 Å². The van der Waals surface area contributed by atoms with Gasteiger partial charge in [0, 0.05) is 13.1 Å². The zero-order chi connectivity index (χ0) is 8.72. The lowest BCUT2D eigenvalue weighted by atomic mass is 10.0. The normalized spacial score (nSPS) is 21.7. The molecular weight excluding hydrogens is 154 g/mol. The molecule has 0 saturated carbocycles. The molecule has 12 heavy (non-hydrogen) atoms. The molecule has 4 nitrogen and oxygen atoms in total. The van der Waals surface area contributed by atoms with Gasteiger partial charge < -0.3 is 5.32 Å². The van der Waals surface area contributed by atoms with E-state index in [1.165, 1.54) is 4.68 Å². The lowest BCUT2D eigenvalue weighted by molar-refractivity contribution is 0.676. The molecule has 1 atom stereocenters. The third-order valence-electron chi connectivity index (χ3n) is 2.36. The second-order valence-electron chi connectivity index (χ2n) is 3.41. The summed E-state index contributed by atoms with van der Waals surface area (Å²) >= 11 is 0. The number of H-pyrrole nitrogens is 1. The number of hydrogen-bond acceptors (Lipinski definition) is 2. The molecule has 1 aliphatic heterocycles. The van der Waals surface area contributed by atoms with Crippen LogP contribution in [0.3, 0.4) is 0 Å². The van der Waals surface area contributed by atoms with Crippen LogP contribution in [0.15, 0.2) is 4.79 Å². The Labute approximate surface area is 70.6 Å². The summed E-state index contributed by atoms with van der Waals surface area (Å²) in [4.78, 5) is 11.4. The SMILES string of the molecule is C[C@@H]1CCc2c([nH]n(C)c2=O)N1. The van der Waals surface area contributed by atoms with Gasteiger partial charge in [0.2, 0.25) is 0 Å². The smallest absolute Gasteiger partial charge is 0.271 e. The van der Waals surface area contributed by atoms with Crippen molar-refractivity contribution in [3.8, 4) is 0 Å². The maximum Gasteiger partial charge on any atom is 0.271 e. The van der Waals surface area contributed by atoms with Gasteiger partial charge in [-0.3, -0.25) is 14.6 Å². The fourth-order valence-corrected chi connectivity index (χ4v) is 1.63. The van der Waals surface area contributed by atoms with Gasteiger partial charge in [0.15, 0.2) is 0 Å². The molecular formula is C8H13N3O. The fraction of sp³-hybridized carbons (Fsp3) is 0.625. The summed E-state index contributed by atoms with van der Waals surface area (Å²) in [5, 5.41) is 6.23. The highest BCUT2D eigenvalue weighted by Crippen LogP contribution is 2.18. The predicted octanol–water partition coefficient (Wildman–Crippen LogP) is 0.460. The van der Waals surface area contributed by atoms with Gasteiger partial charge in [-0.25, -0.2) is 0 Å². The van der Waals surface area contributed by atoms with E-state index in [-0.39, 0.29) is 5.56 Å². The first kappa shape index (κ1) is 7.46. The monoisotopic (exact) mass is 167 g/mol. The highest BCUT2D eigenvalue weighted by atomic mass is 16.1. The number of rotatable bonds is 0. The maximum absolute atomic E-state index is 11.4. The number of hydrogen-bond donors (Lipinski definition) is 2. The highest BCUT2D eigenvalue weighted by molar-refractivity contribution is 5.45. The van der Waals surface area contributed by atoms with Crippen molar-refractivity contribution in [2.24, 2.45) is 7.05 Å². The summed E-state index contributed by atoms with van der Waals surface area (Å²) in [6, 6.07) is 0.468. The number of fused-ring (bicyclic) bond motifs is 1. The topological polar surface area (TPSA) is 49.8 Å². The molecule has 4 heteroatoms. The summed E-state index contributed by atoms with van der Waals surface area (Å²) < 4.78 is 1.52. The van der Waals surface area contributed by atoms with Crippen LogP contribution in [-0.4, -0.2) is 15.8 Å². The zero-order valence-corrected chi connectivity index (χ0v) is 7.35. The van der Waals surface area contributed by atoms with Gasteiger partial charge in [-0.2, -0.15) is 0 Å². The first-order chi connectivity index (χ1) is 5.68. The Morgan fingerprint density at radius 1 is 1.58 bits per heavy atom. The first-order valence-electron chi connectivity index (χ1n) is 4.23. The van der Waals surface area contributed by atoms with Crippen LogP contribution in [0.5, 0.6) is 0 Å². The van der Waals surface area contributed by atoms with Crippen molar-refractivity contribution in [1.29, 1.82) is 0 Å². The van der Waals surface area contributed by atoms with E-state index in [1.54, 1.807) is 7.05 Å². The van der Waals surface area contributed by atoms with Crippen LogP contribution in [0.25, 0.3) is 0 Å². The second-order valence-corrected chi connectivity index (χ2v) is 3.41. The molecule has 0 fully saturated rings. The molecule has 0 unspecified atom stereocenters.